The number of aromatic nitrogens is 1. The molecule has 0 aromatic carbocycles. The van der Waals surface area contributed by atoms with Crippen LogP contribution >= 0.6 is 0 Å². The highest BCUT2D eigenvalue weighted by molar-refractivity contribution is 5.50. The minimum Gasteiger partial charge on any atom is -0.388 e. The average molecular weight is 260 g/mol. The van der Waals surface area contributed by atoms with Crippen molar-refractivity contribution >= 4 is 5.82 Å². The fourth-order valence-electron chi connectivity index (χ4n) is 2.17. The largest absolute Gasteiger partial charge is 0.419 e. The van der Waals surface area contributed by atoms with Gasteiger partial charge in [0.05, 0.1) is 11.2 Å². The predicted molar refractivity (Wildman–Crippen MR) is 61.2 cm³/mol. The number of hydrogen-bond acceptors (Lipinski definition) is 3. The molecule has 1 aliphatic heterocycles. The lowest BCUT2D eigenvalue weighted by Gasteiger charge is -2.23. The quantitative estimate of drug-likeness (QED) is 0.841. The van der Waals surface area contributed by atoms with E-state index in [1.165, 1.54) is 17.2 Å². The van der Waals surface area contributed by atoms with E-state index in [4.69, 9.17) is 0 Å². The number of nitrogens with zero attached hydrogens (tertiary/aromatic N) is 2. The summed E-state index contributed by atoms with van der Waals surface area (Å²) in [7, 11) is 0. The van der Waals surface area contributed by atoms with E-state index >= 15 is 0 Å². The maximum atomic E-state index is 12.9. The molecule has 1 fully saturated rings. The Bertz CT molecular complexity index is 445. The van der Waals surface area contributed by atoms with Gasteiger partial charge in [-0.2, -0.15) is 13.2 Å². The Labute approximate surface area is 103 Å². The molecule has 1 saturated heterocycles. The minimum absolute atomic E-state index is 0.0967. The topological polar surface area (TPSA) is 36.4 Å². The second-order valence-corrected chi connectivity index (χ2v) is 5.01. The monoisotopic (exact) mass is 260 g/mol. The Morgan fingerprint density at radius 2 is 2.17 bits per heavy atom. The number of pyridine rings is 1. The van der Waals surface area contributed by atoms with E-state index in [-0.39, 0.29) is 18.3 Å². The van der Waals surface area contributed by atoms with Crippen molar-refractivity contribution in [3.63, 3.8) is 0 Å². The molecule has 1 aromatic heterocycles. The molecule has 0 unspecified atom stereocenters. The summed E-state index contributed by atoms with van der Waals surface area (Å²) in [6.07, 6.45) is -3.09. The average Bonchev–Trinajstić information content (AvgIpc) is 2.52. The van der Waals surface area contributed by atoms with Crippen LogP contribution in [0.15, 0.2) is 18.3 Å². The predicted octanol–water partition coefficient (Wildman–Crippen LogP) is 2.31. The molecule has 18 heavy (non-hydrogen) atoms. The molecule has 0 bridgehead atoms. The number of aliphatic hydroxyl groups is 1. The van der Waals surface area contributed by atoms with E-state index in [0.717, 1.165) is 6.07 Å². The summed E-state index contributed by atoms with van der Waals surface area (Å²) in [5.74, 6) is -0.199. The molecule has 0 spiro atoms. The fourth-order valence-corrected chi connectivity index (χ4v) is 2.17. The summed E-state index contributed by atoms with van der Waals surface area (Å²) in [5.41, 5.74) is -1.74. The van der Waals surface area contributed by atoms with Crippen LogP contribution in [0.1, 0.15) is 19.4 Å². The first-order valence-corrected chi connectivity index (χ1v) is 5.71. The summed E-state index contributed by atoms with van der Waals surface area (Å²) in [6, 6.07) is 2.28. The zero-order valence-electron chi connectivity index (χ0n) is 10.2. The van der Waals surface area contributed by atoms with Gasteiger partial charge in [0.2, 0.25) is 0 Å². The number of halogens is 3. The highest BCUT2D eigenvalue weighted by atomic mass is 19.4. The summed E-state index contributed by atoms with van der Waals surface area (Å²) in [4.78, 5) is 5.32. The van der Waals surface area contributed by atoms with Crippen LogP contribution in [-0.2, 0) is 6.18 Å². The van der Waals surface area contributed by atoms with E-state index in [0.29, 0.717) is 6.54 Å². The third kappa shape index (κ3) is 2.29. The van der Waals surface area contributed by atoms with Crippen LogP contribution in [0.4, 0.5) is 19.0 Å². The van der Waals surface area contributed by atoms with Crippen LogP contribution in [0, 0.1) is 5.92 Å². The summed E-state index contributed by atoms with van der Waals surface area (Å²) in [6.45, 7) is 3.98. The maximum absolute atomic E-state index is 12.9. The van der Waals surface area contributed by atoms with Gasteiger partial charge >= 0.3 is 6.18 Å². The van der Waals surface area contributed by atoms with Crippen molar-refractivity contribution in [2.24, 2.45) is 5.92 Å². The lowest BCUT2D eigenvalue weighted by Crippen LogP contribution is -2.33. The Kier molecular flexibility index (Phi) is 3.01. The van der Waals surface area contributed by atoms with Gasteiger partial charge in [-0.15, -0.1) is 0 Å². The number of rotatable bonds is 1. The first kappa shape index (κ1) is 13.1. The molecule has 0 radical (unpaired) electrons. The van der Waals surface area contributed by atoms with Gasteiger partial charge in [0.1, 0.15) is 5.82 Å². The molecule has 0 saturated carbocycles. The van der Waals surface area contributed by atoms with E-state index in [1.54, 1.807) is 6.92 Å². The number of β-amino-alcohol motifs (C(OH)–C–C–N with tert-alkyl or cyclic N) is 1. The smallest absolute Gasteiger partial charge is 0.388 e. The van der Waals surface area contributed by atoms with E-state index in [9.17, 15) is 18.3 Å². The molecule has 1 N–H and O–H groups in total. The standard InChI is InChI=1S/C12H15F3N2O/c1-8-6-17(7-11(8,2)18)10-9(12(13,14)15)4-3-5-16-10/h3-5,8,18H,6-7H2,1-2H3/t8-,11+/m1/s1. The zero-order valence-corrected chi connectivity index (χ0v) is 10.2. The van der Waals surface area contributed by atoms with Crippen LogP contribution in [0.25, 0.3) is 0 Å². The van der Waals surface area contributed by atoms with Crippen molar-refractivity contribution in [1.82, 2.24) is 4.98 Å². The molecule has 0 aliphatic carbocycles. The van der Waals surface area contributed by atoms with Gasteiger partial charge in [-0.3, -0.25) is 0 Å². The second kappa shape index (κ2) is 4.12. The van der Waals surface area contributed by atoms with E-state index in [2.05, 4.69) is 4.98 Å². The van der Waals surface area contributed by atoms with Crippen molar-refractivity contribution in [3.8, 4) is 0 Å². The van der Waals surface area contributed by atoms with Gasteiger partial charge in [-0.1, -0.05) is 6.92 Å². The lowest BCUT2D eigenvalue weighted by atomic mass is 9.95. The molecule has 3 nitrogen and oxygen atoms in total. The van der Waals surface area contributed by atoms with Crippen LogP contribution in [-0.4, -0.2) is 28.8 Å². The number of anilines is 1. The minimum atomic E-state index is -4.43. The van der Waals surface area contributed by atoms with Gasteiger partial charge in [-0.25, -0.2) is 4.98 Å². The fraction of sp³-hybridized carbons (Fsp3) is 0.583. The zero-order chi connectivity index (χ0) is 13.6. The van der Waals surface area contributed by atoms with Crippen molar-refractivity contribution < 1.29 is 18.3 Å². The SMILES string of the molecule is C[C@@H]1CN(c2ncccc2C(F)(F)F)C[C@]1(C)O. The molecule has 2 atom stereocenters. The van der Waals surface area contributed by atoms with Gasteiger partial charge < -0.3 is 10.0 Å². The molecule has 1 aromatic rings. The first-order chi connectivity index (χ1) is 8.22. The van der Waals surface area contributed by atoms with Crippen molar-refractivity contribution in [2.45, 2.75) is 25.6 Å². The summed E-state index contributed by atoms with van der Waals surface area (Å²) < 4.78 is 38.6. The number of hydrogen-bond donors (Lipinski definition) is 1. The molecule has 100 valence electrons. The first-order valence-electron chi connectivity index (χ1n) is 5.71. The van der Waals surface area contributed by atoms with Crippen LogP contribution in [0.5, 0.6) is 0 Å². The summed E-state index contributed by atoms with van der Waals surface area (Å²) in [5, 5.41) is 10.0. The van der Waals surface area contributed by atoms with Gasteiger partial charge in [-0.05, 0) is 19.1 Å². The van der Waals surface area contributed by atoms with Crippen LogP contribution in [0.2, 0.25) is 0 Å². The third-order valence-corrected chi connectivity index (χ3v) is 3.46. The number of alkyl halides is 3. The Morgan fingerprint density at radius 3 is 2.67 bits per heavy atom. The molecule has 6 heteroatoms. The Balaban J connectivity index is 2.36. The van der Waals surface area contributed by atoms with Crippen molar-refractivity contribution in [3.05, 3.63) is 23.9 Å². The Morgan fingerprint density at radius 1 is 1.50 bits per heavy atom. The lowest BCUT2D eigenvalue weighted by molar-refractivity contribution is -0.137. The van der Waals surface area contributed by atoms with Gasteiger partial charge in [0.15, 0.2) is 0 Å². The van der Waals surface area contributed by atoms with Crippen molar-refractivity contribution in [2.75, 3.05) is 18.0 Å². The molecular formula is C12H15F3N2O. The van der Waals surface area contributed by atoms with Crippen molar-refractivity contribution in [1.29, 1.82) is 0 Å². The van der Waals surface area contributed by atoms with Gasteiger partial charge in [0.25, 0.3) is 0 Å². The summed E-state index contributed by atoms with van der Waals surface area (Å²) >= 11 is 0. The van der Waals surface area contributed by atoms with Crippen LogP contribution in [0.3, 0.4) is 0 Å². The molecule has 2 heterocycles. The van der Waals surface area contributed by atoms with E-state index < -0.39 is 17.3 Å². The van der Waals surface area contributed by atoms with Gasteiger partial charge in [0, 0.05) is 25.2 Å². The molecule has 0 amide bonds. The highest BCUT2D eigenvalue weighted by Crippen LogP contribution is 2.38. The highest BCUT2D eigenvalue weighted by Gasteiger charge is 2.42. The third-order valence-electron chi connectivity index (χ3n) is 3.46. The molecular weight excluding hydrogens is 245 g/mol. The molecule has 2 rings (SSSR count). The second-order valence-electron chi connectivity index (χ2n) is 5.01. The Hall–Kier alpha value is -1.30. The molecule has 1 aliphatic rings. The van der Waals surface area contributed by atoms with Crippen LogP contribution < -0.4 is 4.90 Å². The van der Waals surface area contributed by atoms with E-state index in [1.807, 2.05) is 6.92 Å². The maximum Gasteiger partial charge on any atom is 0.419 e. The normalized spacial score (nSPS) is 28.8.